The molecule has 1 N–H and O–H groups in total. The molecule has 6 heteroatoms. The van der Waals surface area contributed by atoms with Crippen molar-refractivity contribution in [3.8, 4) is 6.07 Å². The zero-order valence-electron chi connectivity index (χ0n) is 12.8. The Hall–Kier alpha value is -1.87. The van der Waals surface area contributed by atoms with Gasteiger partial charge >= 0.3 is 0 Å². The van der Waals surface area contributed by atoms with Crippen LogP contribution in [0.1, 0.15) is 32.1 Å². The van der Waals surface area contributed by atoms with E-state index in [0.29, 0.717) is 25.7 Å². The molecule has 120 valence electrons. The quantitative estimate of drug-likeness (QED) is 0.785. The summed E-state index contributed by atoms with van der Waals surface area (Å²) < 4.78 is 5.28. The second kappa shape index (κ2) is 8.54. The van der Waals surface area contributed by atoms with Gasteiger partial charge < -0.3 is 15.0 Å². The molecule has 0 spiro atoms. The summed E-state index contributed by atoms with van der Waals surface area (Å²) in [7, 11) is 0. The van der Waals surface area contributed by atoms with Crippen molar-refractivity contribution < 1.29 is 14.3 Å². The van der Waals surface area contributed by atoms with E-state index < -0.39 is 0 Å². The second-order valence-corrected chi connectivity index (χ2v) is 5.82. The topological polar surface area (TPSA) is 82.4 Å². The van der Waals surface area contributed by atoms with E-state index in [1.807, 2.05) is 11.0 Å². The number of nitrogens with one attached hydrogen (secondary N) is 1. The minimum absolute atomic E-state index is 0.0887. The Morgan fingerprint density at radius 2 is 2.00 bits per heavy atom. The molecule has 0 bridgehead atoms. The van der Waals surface area contributed by atoms with Crippen LogP contribution >= 0.6 is 0 Å². The van der Waals surface area contributed by atoms with E-state index >= 15 is 0 Å². The highest BCUT2D eigenvalue weighted by molar-refractivity contribution is 5.88. The fourth-order valence-electron chi connectivity index (χ4n) is 2.79. The summed E-state index contributed by atoms with van der Waals surface area (Å²) in [6.07, 6.45) is 5.18. The molecule has 0 aromatic rings. The zero-order valence-corrected chi connectivity index (χ0v) is 12.8. The van der Waals surface area contributed by atoms with Gasteiger partial charge in [-0.1, -0.05) is 5.57 Å². The van der Waals surface area contributed by atoms with Gasteiger partial charge in [-0.2, -0.15) is 5.26 Å². The molecule has 2 aliphatic heterocycles. The first-order valence-corrected chi connectivity index (χ1v) is 7.89. The lowest BCUT2D eigenvalue weighted by Gasteiger charge is -2.31. The minimum Gasteiger partial charge on any atom is -0.381 e. The standard InChI is InChI=1S/C16H23N3O3/c17-6-1-15(20)18-12-14-2-7-19(8-3-14)16(21)11-13-4-9-22-10-5-13/h11,14H,1-5,7-10,12H2,(H,18,20). The molecule has 0 unspecified atom stereocenters. The van der Waals surface area contributed by atoms with E-state index in [4.69, 9.17) is 10.00 Å². The number of likely N-dealkylation sites (tertiary alicyclic amines) is 1. The van der Waals surface area contributed by atoms with E-state index in [2.05, 4.69) is 5.32 Å². The van der Waals surface area contributed by atoms with Crippen molar-refractivity contribution in [1.29, 1.82) is 5.26 Å². The third-order valence-corrected chi connectivity index (χ3v) is 4.22. The molecule has 0 aromatic carbocycles. The number of piperidine rings is 1. The van der Waals surface area contributed by atoms with Crippen LogP contribution in [0.4, 0.5) is 0 Å². The van der Waals surface area contributed by atoms with Crippen LogP contribution in [0.25, 0.3) is 0 Å². The van der Waals surface area contributed by atoms with E-state index in [1.165, 1.54) is 5.57 Å². The van der Waals surface area contributed by atoms with Crippen molar-refractivity contribution in [2.45, 2.75) is 32.1 Å². The van der Waals surface area contributed by atoms with Crippen molar-refractivity contribution in [3.05, 3.63) is 11.6 Å². The summed E-state index contributed by atoms with van der Waals surface area (Å²) in [5.74, 6) is 0.275. The van der Waals surface area contributed by atoms with Crippen LogP contribution in [-0.2, 0) is 14.3 Å². The van der Waals surface area contributed by atoms with Crippen LogP contribution in [0.2, 0.25) is 0 Å². The molecule has 2 rings (SSSR count). The number of ether oxygens (including phenoxy) is 1. The fourth-order valence-corrected chi connectivity index (χ4v) is 2.79. The Morgan fingerprint density at radius 1 is 1.32 bits per heavy atom. The molecule has 2 fully saturated rings. The van der Waals surface area contributed by atoms with Gasteiger partial charge in [0.25, 0.3) is 0 Å². The number of nitriles is 1. The predicted octanol–water partition coefficient (Wildman–Crippen LogP) is 0.992. The molecule has 2 saturated heterocycles. The van der Waals surface area contributed by atoms with E-state index in [9.17, 15) is 9.59 Å². The number of carbonyl (C=O) groups is 2. The minimum atomic E-state index is -0.217. The lowest BCUT2D eigenvalue weighted by Crippen LogP contribution is -2.41. The maximum Gasteiger partial charge on any atom is 0.246 e. The summed E-state index contributed by atoms with van der Waals surface area (Å²) in [4.78, 5) is 25.4. The summed E-state index contributed by atoms with van der Waals surface area (Å²) >= 11 is 0. The Kier molecular flexibility index (Phi) is 6.41. The van der Waals surface area contributed by atoms with Crippen LogP contribution in [0.5, 0.6) is 0 Å². The van der Waals surface area contributed by atoms with Gasteiger partial charge in [-0.25, -0.2) is 0 Å². The van der Waals surface area contributed by atoms with Crippen molar-refractivity contribution in [2.24, 2.45) is 5.92 Å². The van der Waals surface area contributed by atoms with Gasteiger partial charge in [0.15, 0.2) is 0 Å². The number of hydrogen-bond donors (Lipinski definition) is 1. The predicted molar refractivity (Wildman–Crippen MR) is 80.7 cm³/mol. The maximum absolute atomic E-state index is 12.2. The molecular weight excluding hydrogens is 282 g/mol. The SMILES string of the molecule is N#CCC(=O)NCC1CCN(C(=O)C=C2CCOCC2)CC1. The molecule has 2 heterocycles. The third-order valence-electron chi connectivity index (χ3n) is 4.22. The van der Waals surface area contributed by atoms with Crippen molar-refractivity contribution in [2.75, 3.05) is 32.8 Å². The highest BCUT2D eigenvalue weighted by atomic mass is 16.5. The lowest BCUT2D eigenvalue weighted by atomic mass is 9.96. The van der Waals surface area contributed by atoms with Crippen LogP contribution in [0.15, 0.2) is 11.6 Å². The first kappa shape index (κ1) is 16.5. The molecule has 22 heavy (non-hydrogen) atoms. The Morgan fingerprint density at radius 3 is 2.64 bits per heavy atom. The molecular formula is C16H23N3O3. The summed E-state index contributed by atoms with van der Waals surface area (Å²) in [6.45, 7) is 3.49. The average molecular weight is 305 g/mol. The van der Waals surface area contributed by atoms with Crippen LogP contribution in [0.3, 0.4) is 0 Å². The van der Waals surface area contributed by atoms with Gasteiger partial charge in [0, 0.05) is 25.7 Å². The van der Waals surface area contributed by atoms with Crippen LogP contribution in [0, 0.1) is 17.2 Å². The van der Waals surface area contributed by atoms with E-state index in [1.54, 1.807) is 6.08 Å². The van der Waals surface area contributed by atoms with Gasteiger partial charge in [-0.15, -0.1) is 0 Å². The van der Waals surface area contributed by atoms with Crippen molar-refractivity contribution >= 4 is 11.8 Å². The van der Waals surface area contributed by atoms with E-state index in [0.717, 1.165) is 38.8 Å². The molecule has 0 aliphatic carbocycles. The molecule has 0 saturated carbocycles. The summed E-state index contributed by atoms with van der Waals surface area (Å²) in [5, 5.41) is 11.2. The number of amides is 2. The lowest BCUT2D eigenvalue weighted by molar-refractivity contribution is -0.127. The molecule has 0 aromatic heterocycles. The average Bonchev–Trinajstić information content (AvgIpc) is 2.54. The van der Waals surface area contributed by atoms with Crippen LogP contribution < -0.4 is 5.32 Å². The molecule has 2 amide bonds. The highest BCUT2D eigenvalue weighted by Gasteiger charge is 2.22. The van der Waals surface area contributed by atoms with Gasteiger partial charge in [-0.05, 0) is 31.6 Å². The number of nitrogens with zero attached hydrogens (tertiary/aromatic N) is 2. The van der Waals surface area contributed by atoms with Crippen LogP contribution in [-0.4, -0.2) is 49.6 Å². The number of rotatable bonds is 4. The first-order chi connectivity index (χ1) is 10.7. The van der Waals surface area contributed by atoms with Crippen molar-refractivity contribution in [1.82, 2.24) is 10.2 Å². The molecule has 0 atom stereocenters. The summed E-state index contributed by atoms with van der Waals surface area (Å²) in [6, 6.07) is 1.84. The molecule has 6 nitrogen and oxygen atoms in total. The Bertz CT molecular complexity index is 466. The molecule has 0 radical (unpaired) electrons. The Labute approximate surface area is 131 Å². The largest absolute Gasteiger partial charge is 0.381 e. The number of hydrogen-bond acceptors (Lipinski definition) is 4. The first-order valence-electron chi connectivity index (χ1n) is 7.89. The zero-order chi connectivity index (χ0) is 15.8. The fraction of sp³-hybridized carbons (Fsp3) is 0.688. The van der Waals surface area contributed by atoms with Gasteiger partial charge in [-0.3, -0.25) is 9.59 Å². The van der Waals surface area contributed by atoms with Gasteiger partial charge in [0.1, 0.15) is 6.42 Å². The van der Waals surface area contributed by atoms with Gasteiger partial charge in [0.2, 0.25) is 11.8 Å². The summed E-state index contributed by atoms with van der Waals surface area (Å²) in [5.41, 5.74) is 1.18. The molecule has 2 aliphatic rings. The van der Waals surface area contributed by atoms with E-state index in [-0.39, 0.29) is 18.2 Å². The second-order valence-electron chi connectivity index (χ2n) is 5.82. The number of carbonyl (C=O) groups excluding carboxylic acids is 2. The smallest absolute Gasteiger partial charge is 0.246 e. The third kappa shape index (κ3) is 5.15. The monoisotopic (exact) mass is 305 g/mol. The maximum atomic E-state index is 12.2. The van der Waals surface area contributed by atoms with Gasteiger partial charge in [0.05, 0.1) is 19.3 Å². The Balaban J connectivity index is 1.71. The van der Waals surface area contributed by atoms with Crippen molar-refractivity contribution in [3.63, 3.8) is 0 Å². The highest BCUT2D eigenvalue weighted by Crippen LogP contribution is 2.18. The normalized spacial score (nSPS) is 19.4.